The van der Waals surface area contributed by atoms with E-state index in [0.29, 0.717) is 6.61 Å². The smallest absolute Gasteiger partial charge is 0.286 e. The van der Waals surface area contributed by atoms with E-state index in [1.807, 2.05) is 43.3 Å². The van der Waals surface area contributed by atoms with Gasteiger partial charge < -0.3 is 19.7 Å². The zero-order chi connectivity index (χ0) is 20.0. The van der Waals surface area contributed by atoms with Crippen molar-refractivity contribution in [2.24, 2.45) is 0 Å². The highest BCUT2D eigenvalue weighted by Crippen LogP contribution is 2.34. The molecule has 0 spiro atoms. The number of methoxy groups -OCH3 is 1. The van der Waals surface area contributed by atoms with Crippen LogP contribution in [0.2, 0.25) is 0 Å². The molecule has 2 aromatic rings. The first-order valence-corrected chi connectivity index (χ1v) is 8.41. The molecule has 0 aromatic heterocycles. The first kappa shape index (κ1) is 20.0. The van der Waals surface area contributed by atoms with Crippen LogP contribution in [0.1, 0.15) is 22.8 Å². The predicted octanol–water partition coefficient (Wildman–Crippen LogP) is 3.00. The Morgan fingerprint density at radius 1 is 1.19 bits per heavy atom. The summed E-state index contributed by atoms with van der Waals surface area (Å²) in [4.78, 5) is 25.3. The number of anilines is 1. The Labute approximate surface area is 157 Å². The van der Waals surface area contributed by atoms with Gasteiger partial charge in [-0.1, -0.05) is 12.1 Å². The van der Waals surface area contributed by atoms with Crippen molar-refractivity contribution in [3.8, 4) is 11.5 Å². The number of nitro benzene ring substituents is 1. The highest BCUT2D eigenvalue weighted by Gasteiger charge is 2.24. The number of carbonyl (C=O) groups excluding carboxylic acids is 1. The molecular weight excluding hydrogens is 350 g/mol. The van der Waals surface area contributed by atoms with Gasteiger partial charge in [0.15, 0.2) is 11.5 Å². The van der Waals surface area contributed by atoms with Crippen molar-refractivity contribution in [1.29, 1.82) is 0 Å². The molecule has 0 saturated carbocycles. The fourth-order valence-corrected chi connectivity index (χ4v) is 2.50. The lowest BCUT2D eigenvalue weighted by Crippen LogP contribution is -2.24. The molecule has 8 heteroatoms. The molecule has 0 bridgehead atoms. The van der Waals surface area contributed by atoms with Gasteiger partial charge in [0.1, 0.15) is 5.56 Å². The third-order valence-electron chi connectivity index (χ3n) is 3.93. The lowest BCUT2D eigenvalue weighted by atomic mass is 10.1. The summed E-state index contributed by atoms with van der Waals surface area (Å²) >= 11 is 0. The molecule has 144 valence electrons. The summed E-state index contributed by atoms with van der Waals surface area (Å²) in [6.07, 6.45) is 0. The second-order valence-electron chi connectivity index (χ2n) is 5.95. The predicted molar refractivity (Wildman–Crippen MR) is 103 cm³/mol. The van der Waals surface area contributed by atoms with Crippen LogP contribution < -0.4 is 19.7 Å². The van der Waals surface area contributed by atoms with Crippen LogP contribution >= 0.6 is 0 Å². The number of nitrogens with one attached hydrogen (secondary N) is 1. The summed E-state index contributed by atoms with van der Waals surface area (Å²) in [7, 11) is 5.27. The van der Waals surface area contributed by atoms with Gasteiger partial charge in [0.25, 0.3) is 11.6 Å². The third kappa shape index (κ3) is 4.87. The van der Waals surface area contributed by atoms with Crippen molar-refractivity contribution in [2.45, 2.75) is 13.5 Å². The van der Waals surface area contributed by atoms with Crippen molar-refractivity contribution in [2.75, 3.05) is 32.7 Å². The third-order valence-corrected chi connectivity index (χ3v) is 3.93. The molecule has 0 radical (unpaired) electrons. The minimum absolute atomic E-state index is 0.0749. The Bertz CT molecular complexity index is 819. The normalized spacial score (nSPS) is 10.2. The summed E-state index contributed by atoms with van der Waals surface area (Å²) in [5.41, 5.74) is 1.51. The van der Waals surface area contributed by atoms with Gasteiger partial charge in [0.2, 0.25) is 0 Å². The lowest BCUT2D eigenvalue weighted by Gasteiger charge is -2.13. The van der Waals surface area contributed by atoms with Gasteiger partial charge in [-0.2, -0.15) is 0 Å². The van der Waals surface area contributed by atoms with Crippen molar-refractivity contribution in [3.63, 3.8) is 0 Å². The second-order valence-corrected chi connectivity index (χ2v) is 5.95. The summed E-state index contributed by atoms with van der Waals surface area (Å²) in [5.74, 6) is -0.0625. The van der Waals surface area contributed by atoms with Crippen LogP contribution in [0.4, 0.5) is 11.4 Å². The first-order chi connectivity index (χ1) is 12.9. The van der Waals surface area contributed by atoms with E-state index >= 15 is 0 Å². The number of hydrogen-bond acceptors (Lipinski definition) is 6. The van der Waals surface area contributed by atoms with E-state index in [2.05, 4.69) is 5.32 Å². The Kier molecular flexibility index (Phi) is 6.59. The fraction of sp³-hybridized carbons (Fsp3) is 0.316. The van der Waals surface area contributed by atoms with Crippen LogP contribution in [0, 0.1) is 10.1 Å². The minimum atomic E-state index is -0.612. The highest BCUT2D eigenvalue weighted by molar-refractivity contribution is 5.99. The molecule has 0 fully saturated rings. The Morgan fingerprint density at radius 2 is 1.85 bits per heavy atom. The molecule has 0 saturated heterocycles. The number of benzene rings is 2. The van der Waals surface area contributed by atoms with Crippen LogP contribution in [0.25, 0.3) is 0 Å². The van der Waals surface area contributed by atoms with Crippen molar-refractivity contribution < 1.29 is 19.2 Å². The zero-order valence-electron chi connectivity index (χ0n) is 15.8. The maximum Gasteiger partial charge on any atom is 0.286 e. The Morgan fingerprint density at radius 3 is 2.37 bits per heavy atom. The largest absolute Gasteiger partial charge is 0.493 e. The van der Waals surface area contributed by atoms with E-state index in [1.165, 1.54) is 19.2 Å². The standard InChI is InChI=1S/C19H23N3O5/c1-5-27-18-10-15(16(22(24)25)11-17(18)26-4)19(23)20-12-13-6-8-14(9-7-13)21(2)3/h6-11H,5,12H2,1-4H3,(H,20,23). The monoisotopic (exact) mass is 373 g/mol. The summed E-state index contributed by atoms with van der Waals surface area (Å²) < 4.78 is 10.5. The molecule has 8 nitrogen and oxygen atoms in total. The van der Waals surface area contributed by atoms with Gasteiger partial charge >= 0.3 is 0 Å². The number of amides is 1. The Balaban J connectivity index is 2.23. The van der Waals surface area contributed by atoms with E-state index in [1.54, 1.807) is 6.92 Å². The van der Waals surface area contributed by atoms with Gasteiger partial charge in [0, 0.05) is 32.4 Å². The fourth-order valence-electron chi connectivity index (χ4n) is 2.50. The Hall–Kier alpha value is -3.29. The van der Waals surface area contributed by atoms with Crippen molar-refractivity contribution >= 4 is 17.3 Å². The molecule has 1 N–H and O–H groups in total. The number of nitrogens with zero attached hydrogens (tertiary/aromatic N) is 2. The molecule has 2 rings (SSSR count). The van der Waals surface area contributed by atoms with Gasteiger partial charge in [-0.25, -0.2) is 0 Å². The topological polar surface area (TPSA) is 93.9 Å². The molecule has 2 aromatic carbocycles. The highest BCUT2D eigenvalue weighted by atomic mass is 16.6. The molecule has 0 heterocycles. The number of hydrogen-bond donors (Lipinski definition) is 1. The minimum Gasteiger partial charge on any atom is -0.493 e. The average molecular weight is 373 g/mol. The van der Waals surface area contributed by atoms with Crippen LogP contribution in [-0.2, 0) is 6.54 Å². The van der Waals surface area contributed by atoms with Gasteiger partial charge in [-0.3, -0.25) is 14.9 Å². The molecule has 1 amide bonds. The molecule has 0 atom stereocenters. The molecule has 0 aliphatic heterocycles. The van der Waals surface area contributed by atoms with E-state index in [9.17, 15) is 14.9 Å². The molecule has 0 aliphatic carbocycles. The maximum absolute atomic E-state index is 12.6. The van der Waals surface area contributed by atoms with Crippen molar-refractivity contribution in [1.82, 2.24) is 5.32 Å². The van der Waals surface area contributed by atoms with Gasteiger partial charge in [-0.05, 0) is 24.6 Å². The van der Waals surface area contributed by atoms with Crippen LogP contribution in [-0.4, -0.2) is 38.6 Å². The lowest BCUT2D eigenvalue weighted by molar-refractivity contribution is -0.385. The summed E-state index contributed by atoms with van der Waals surface area (Å²) in [6, 6.07) is 10.2. The van der Waals surface area contributed by atoms with Crippen molar-refractivity contribution in [3.05, 3.63) is 57.6 Å². The van der Waals surface area contributed by atoms with Gasteiger partial charge in [0.05, 0.1) is 24.7 Å². The van der Waals surface area contributed by atoms with Crippen LogP contribution in [0.3, 0.4) is 0 Å². The number of rotatable bonds is 8. The first-order valence-electron chi connectivity index (χ1n) is 8.41. The number of nitro groups is 1. The second kappa shape index (κ2) is 8.88. The summed E-state index contributed by atoms with van der Waals surface area (Å²) in [6.45, 7) is 2.37. The molecule has 27 heavy (non-hydrogen) atoms. The number of ether oxygens (including phenoxy) is 2. The molecule has 0 aliphatic rings. The van der Waals surface area contributed by atoms with E-state index in [0.717, 1.165) is 11.3 Å². The van der Waals surface area contributed by atoms with Crippen LogP contribution in [0.15, 0.2) is 36.4 Å². The van der Waals surface area contributed by atoms with E-state index in [-0.39, 0.29) is 29.3 Å². The maximum atomic E-state index is 12.6. The summed E-state index contributed by atoms with van der Waals surface area (Å²) in [5, 5.41) is 14.1. The van der Waals surface area contributed by atoms with E-state index in [4.69, 9.17) is 9.47 Å². The van der Waals surface area contributed by atoms with E-state index < -0.39 is 10.8 Å². The SMILES string of the molecule is CCOc1cc(C(=O)NCc2ccc(N(C)C)cc2)c([N+](=O)[O-])cc1OC. The molecular formula is C19H23N3O5. The van der Waals surface area contributed by atoms with Crippen LogP contribution in [0.5, 0.6) is 11.5 Å². The quantitative estimate of drug-likeness (QED) is 0.565. The zero-order valence-corrected chi connectivity index (χ0v) is 15.8. The average Bonchev–Trinajstić information content (AvgIpc) is 2.66. The molecule has 0 unspecified atom stereocenters. The number of carbonyl (C=O) groups is 1. The van der Waals surface area contributed by atoms with Gasteiger partial charge in [-0.15, -0.1) is 0 Å².